The highest BCUT2D eigenvalue weighted by Gasteiger charge is 2.27. The van der Waals surface area contributed by atoms with Crippen LogP contribution in [-0.4, -0.2) is 68.2 Å². The van der Waals surface area contributed by atoms with Gasteiger partial charge >= 0.3 is 6.03 Å². The minimum atomic E-state index is 0.0699. The van der Waals surface area contributed by atoms with Gasteiger partial charge in [-0.1, -0.05) is 11.3 Å². The fourth-order valence-corrected chi connectivity index (χ4v) is 4.07. The van der Waals surface area contributed by atoms with Gasteiger partial charge in [-0.2, -0.15) is 0 Å². The standard InChI is InChI=1S/C17H24N4O2S/c1-19(2)17(22)20(3)12-7-9-21(10-8-12)16-18-14-11-13(23-4)5-6-15(14)24-16/h5-6,11-12H,7-10H2,1-4H3. The molecule has 2 aromatic rings. The van der Waals surface area contributed by atoms with Gasteiger partial charge in [0.25, 0.3) is 0 Å². The van der Waals surface area contributed by atoms with E-state index in [1.54, 1.807) is 37.4 Å². The quantitative estimate of drug-likeness (QED) is 0.856. The first kappa shape index (κ1) is 16.8. The molecule has 3 rings (SSSR count). The number of methoxy groups -OCH3 is 1. The molecule has 1 saturated heterocycles. The molecule has 24 heavy (non-hydrogen) atoms. The number of urea groups is 1. The minimum absolute atomic E-state index is 0.0699. The maximum Gasteiger partial charge on any atom is 0.319 e. The van der Waals surface area contributed by atoms with E-state index in [0.29, 0.717) is 6.04 Å². The van der Waals surface area contributed by atoms with Gasteiger partial charge in [0, 0.05) is 46.3 Å². The van der Waals surface area contributed by atoms with Crippen LogP contribution in [0, 0.1) is 0 Å². The number of thiazole rings is 1. The topological polar surface area (TPSA) is 48.9 Å². The van der Waals surface area contributed by atoms with Gasteiger partial charge in [0.15, 0.2) is 5.13 Å². The number of hydrogen-bond donors (Lipinski definition) is 0. The van der Waals surface area contributed by atoms with Crippen LogP contribution in [0.2, 0.25) is 0 Å². The smallest absolute Gasteiger partial charge is 0.319 e. The number of piperidine rings is 1. The predicted octanol–water partition coefficient (Wildman–Crippen LogP) is 2.89. The van der Waals surface area contributed by atoms with Crippen molar-refractivity contribution in [3.63, 3.8) is 0 Å². The van der Waals surface area contributed by atoms with E-state index in [2.05, 4.69) is 11.0 Å². The third kappa shape index (κ3) is 3.26. The molecule has 0 radical (unpaired) electrons. The van der Waals surface area contributed by atoms with Crippen molar-refractivity contribution in [3.8, 4) is 5.75 Å². The number of amides is 2. The highest BCUT2D eigenvalue weighted by atomic mass is 32.1. The summed E-state index contributed by atoms with van der Waals surface area (Å²) in [6.07, 6.45) is 1.94. The van der Waals surface area contributed by atoms with E-state index in [1.807, 2.05) is 24.1 Å². The maximum absolute atomic E-state index is 12.1. The lowest BCUT2D eigenvalue weighted by Crippen LogP contribution is -2.48. The summed E-state index contributed by atoms with van der Waals surface area (Å²) in [7, 11) is 7.16. The average molecular weight is 348 g/mol. The molecule has 0 atom stereocenters. The van der Waals surface area contributed by atoms with Crippen LogP contribution >= 0.6 is 11.3 Å². The normalized spacial score (nSPS) is 15.6. The van der Waals surface area contributed by atoms with Crippen molar-refractivity contribution in [2.24, 2.45) is 0 Å². The maximum atomic E-state index is 12.1. The van der Waals surface area contributed by atoms with Crippen molar-refractivity contribution in [1.29, 1.82) is 0 Å². The fraction of sp³-hybridized carbons (Fsp3) is 0.529. The molecule has 2 heterocycles. The Bertz CT molecular complexity index is 722. The van der Waals surface area contributed by atoms with Crippen LogP contribution in [0.25, 0.3) is 10.2 Å². The van der Waals surface area contributed by atoms with Crippen LogP contribution in [0.5, 0.6) is 5.75 Å². The molecule has 2 amide bonds. The molecule has 0 bridgehead atoms. The second-order valence-electron chi connectivity index (χ2n) is 6.34. The number of hydrogen-bond acceptors (Lipinski definition) is 5. The van der Waals surface area contributed by atoms with Crippen LogP contribution in [0.15, 0.2) is 18.2 Å². The zero-order valence-corrected chi connectivity index (χ0v) is 15.5. The van der Waals surface area contributed by atoms with E-state index in [9.17, 15) is 4.79 Å². The number of aromatic nitrogens is 1. The Morgan fingerprint density at radius 1 is 1.29 bits per heavy atom. The molecule has 6 nitrogen and oxygen atoms in total. The van der Waals surface area contributed by atoms with E-state index >= 15 is 0 Å². The van der Waals surface area contributed by atoms with Crippen LogP contribution in [-0.2, 0) is 0 Å². The molecule has 1 fully saturated rings. The summed E-state index contributed by atoms with van der Waals surface area (Å²) in [4.78, 5) is 22.7. The van der Waals surface area contributed by atoms with Gasteiger partial charge in [-0.15, -0.1) is 0 Å². The average Bonchev–Trinajstić information content (AvgIpc) is 3.03. The van der Waals surface area contributed by atoms with Crippen LogP contribution < -0.4 is 9.64 Å². The lowest BCUT2D eigenvalue weighted by atomic mass is 10.0. The van der Waals surface area contributed by atoms with Crippen molar-refractivity contribution in [2.45, 2.75) is 18.9 Å². The van der Waals surface area contributed by atoms with Crippen molar-refractivity contribution in [1.82, 2.24) is 14.8 Å². The van der Waals surface area contributed by atoms with Gasteiger partial charge in [0.05, 0.1) is 17.3 Å². The molecule has 7 heteroatoms. The first-order valence-corrected chi connectivity index (χ1v) is 8.95. The molecule has 1 aromatic heterocycles. The molecule has 1 aromatic carbocycles. The molecule has 0 aliphatic carbocycles. The van der Waals surface area contributed by atoms with Crippen molar-refractivity contribution >= 4 is 32.7 Å². The number of carbonyl (C=O) groups excluding carboxylic acids is 1. The molecule has 0 unspecified atom stereocenters. The number of anilines is 1. The lowest BCUT2D eigenvalue weighted by molar-refractivity contribution is 0.155. The van der Waals surface area contributed by atoms with Crippen molar-refractivity contribution in [3.05, 3.63) is 18.2 Å². The van der Waals surface area contributed by atoms with E-state index in [-0.39, 0.29) is 6.03 Å². The molecular formula is C17H24N4O2S. The molecule has 1 aliphatic heterocycles. The van der Waals surface area contributed by atoms with Gasteiger partial charge < -0.3 is 19.4 Å². The summed E-state index contributed by atoms with van der Waals surface area (Å²) in [6.45, 7) is 1.85. The van der Waals surface area contributed by atoms with Crippen molar-refractivity contribution < 1.29 is 9.53 Å². The highest BCUT2D eigenvalue weighted by molar-refractivity contribution is 7.22. The Balaban J connectivity index is 1.67. The van der Waals surface area contributed by atoms with E-state index < -0.39 is 0 Å². The summed E-state index contributed by atoms with van der Waals surface area (Å²) in [5, 5.41) is 1.05. The summed E-state index contributed by atoms with van der Waals surface area (Å²) in [5.41, 5.74) is 0.983. The molecule has 0 spiro atoms. The first-order chi connectivity index (χ1) is 11.5. The number of ether oxygens (including phenoxy) is 1. The molecule has 1 aliphatic rings. The Kier molecular flexibility index (Phi) is 4.80. The monoisotopic (exact) mass is 348 g/mol. The number of benzene rings is 1. The van der Waals surface area contributed by atoms with E-state index in [1.165, 1.54) is 4.70 Å². The van der Waals surface area contributed by atoms with Crippen LogP contribution in [0.4, 0.5) is 9.93 Å². The number of rotatable bonds is 3. The number of carbonyl (C=O) groups is 1. The second-order valence-corrected chi connectivity index (χ2v) is 7.35. The van der Waals surface area contributed by atoms with Crippen LogP contribution in [0.1, 0.15) is 12.8 Å². The molecule has 130 valence electrons. The molecule has 0 saturated carbocycles. The van der Waals surface area contributed by atoms with Gasteiger partial charge in [-0.3, -0.25) is 0 Å². The Morgan fingerprint density at radius 3 is 2.62 bits per heavy atom. The second kappa shape index (κ2) is 6.84. The summed E-state index contributed by atoms with van der Waals surface area (Å²) >= 11 is 1.71. The SMILES string of the molecule is COc1ccc2sc(N3CCC(N(C)C(=O)N(C)C)CC3)nc2c1. The number of nitrogens with zero attached hydrogens (tertiary/aromatic N) is 4. The fourth-order valence-electron chi connectivity index (χ4n) is 3.07. The van der Waals surface area contributed by atoms with Crippen LogP contribution in [0.3, 0.4) is 0 Å². The third-order valence-electron chi connectivity index (χ3n) is 4.55. The van der Waals surface area contributed by atoms with Gasteiger partial charge in [0.2, 0.25) is 0 Å². The minimum Gasteiger partial charge on any atom is -0.497 e. The Labute approximate surface area is 146 Å². The first-order valence-electron chi connectivity index (χ1n) is 8.13. The molecular weight excluding hydrogens is 324 g/mol. The largest absolute Gasteiger partial charge is 0.497 e. The third-order valence-corrected chi connectivity index (χ3v) is 5.65. The zero-order valence-electron chi connectivity index (χ0n) is 14.7. The summed E-state index contributed by atoms with van der Waals surface area (Å²) in [5.74, 6) is 0.835. The van der Waals surface area contributed by atoms with Gasteiger partial charge in [-0.25, -0.2) is 9.78 Å². The lowest BCUT2D eigenvalue weighted by Gasteiger charge is -2.37. The van der Waals surface area contributed by atoms with Gasteiger partial charge in [-0.05, 0) is 25.0 Å². The highest BCUT2D eigenvalue weighted by Crippen LogP contribution is 2.32. The predicted molar refractivity (Wildman–Crippen MR) is 98.3 cm³/mol. The Hall–Kier alpha value is -2.02. The Morgan fingerprint density at radius 2 is 2.00 bits per heavy atom. The van der Waals surface area contributed by atoms with E-state index in [0.717, 1.165) is 42.3 Å². The zero-order chi connectivity index (χ0) is 17.3. The molecule has 0 N–H and O–H groups in total. The van der Waals surface area contributed by atoms with Crippen molar-refractivity contribution in [2.75, 3.05) is 46.2 Å². The summed E-state index contributed by atoms with van der Waals surface area (Å²) < 4.78 is 6.44. The van der Waals surface area contributed by atoms with E-state index in [4.69, 9.17) is 9.72 Å². The summed E-state index contributed by atoms with van der Waals surface area (Å²) in [6, 6.07) is 6.38. The number of fused-ring (bicyclic) bond motifs is 1. The van der Waals surface area contributed by atoms with Gasteiger partial charge in [0.1, 0.15) is 5.75 Å².